The molecule has 0 aliphatic heterocycles. The van der Waals surface area contributed by atoms with Crippen molar-refractivity contribution < 1.29 is 0 Å². The fourth-order valence-electron chi connectivity index (χ4n) is 0.856. The topological polar surface area (TPSA) is 0 Å². The van der Waals surface area contributed by atoms with Gasteiger partial charge in [0.05, 0.1) is 4.20 Å². The third-order valence-electron chi connectivity index (χ3n) is 1.35. The van der Waals surface area contributed by atoms with Gasteiger partial charge in [0.2, 0.25) is 0 Å². The highest BCUT2D eigenvalue weighted by molar-refractivity contribution is 8.24. The van der Waals surface area contributed by atoms with Gasteiger partial charge in [-0.1, -0.05) is 70.2 Å². The molecule has 14 heavy (non-hydrogen) atoms. The summed E-state index contributed by atoms with van der Waals surface area (Å²) in [5.41, 5.74) is 1.16. The number of benzene rings is 1. The van der Waals surface area contributed by atoms with Crippen LogP contribution in [0.3, 0.4) is 0 Å². The van der Waals surface area contributed by atoms with Crippen molar-refractivity contribution in [1.29, 1.82) is 0 Å². The second kappa shape index (κ2) is 8.01. The lowest BCUT2D eigenvalue weighted by Gasteiger charge is -2.05. The van der Waals surface area contributed by atoms with Crippen LogP contribution in [0.25, 0.3) is 0 Å². The molecule has 0 unspecified atom stereocenters. The van der Waals surface area contributed by atoms with Crippen LogP contribution in [0.1, 0.15) is 33.3 Å². The van der Waals surface area contributed by atoms with Gasteiger partial charge < -0.3 is 0 Å². The van der Waals surface area contributed by atoms with Crippen LogP contribution in [0, 0.1) is 0 Å². The zero-order chi connectivity index (χ0) is 11.0. The van der Waals surface area contributed by atoms with Gasteiger partial charge in [-0.25, -0.2) is 0 Å². The molecule has 0 saturated heterocycles. The molecule has 78 valence electrons. The van der Waals surface area contributed by atoms with E-state index < -0.39 is 0 Å². The lowest BCUT2D eigenvalue weighted by Crippen LogP contribution is -1.96. The van der Waals surface area contributed by atoms with Crippen molar-refractivity contribution in [3.8, 4) is 0 Å². The van der Waals surface area contributed by atoms with Gasteiger partial charge in [0.25, 0.3) is 0 Å². The summed E-state index contributed by atoms with van der Waals surface area (Å²) in [5, 5.41) is 0.567. The maximum atomic E-state index is 5.26. The summed E-state index contributed by atoms with van der Waals surface area (Å²) in [6.45, 7) is 8.31. The smallest absolute Gasteiger partial charge is 0.0780 e. The Hall–Kier alpha value is -0.340. The maximum absolute atomic E-state index is 5.26. The molecule has 0 atom stereocenters. The predicted octanol–water partition coefficient (Wildman–Crippen LogP) is 4.53. The number of thioether (sulfide) groups is 1. The van der Waals surface area contributed by atoms with Crippen LogP contribution < -0.4 is 0 Å². The number of hydrogen-bond donors (Lipinski definition) is 0. The first-order valence-electron chi connectivity index (χ1n) is 4.96. The molecule has 0 bridgehead atoms. The van der Waals surface area contributed by atoms with Crippen molar-refractivity contribution in [3.05, 3.63) is 35.9 Å². The molecular formula is C12H18S2. The highest BCUT2D eigenvalue weighted by Gasteiger charge is 2.02. The van der Waals surface area contributed by atoms with E-state index in [4.69, 9.17) is 12.2 Å². The molecule has 0 spiro atoms. The summed E-state index contributed by atoms with van der Waals surface area (Å²) in [4.78, 5) is 0. The number of thiocarbonyl (C=S) groups is 1. The summed E-state index contributed by atoms with van der Waals surface area (Å²) < 4.78 is 0.991. The Bertz CT molecular complexity index is 252. The quantitative estimate of drug-likeness (QED) is 0.680. The van der Waals surface area contributed by atoms with Gasteiger partial charge in [0.1, 0.15) is 0 Å². The van der Waals surface area contributed by atoms with E-state index in [9.17, 15) is 0 Å². The third-order valence-corrected chi connectivity index (χ3v) is 2.80. The van der Waals surface area contributed by atoms with Crippen LogP contribution in [0.15, 0.2) is 30.3 Å². The van der Waals surface area contributed by atoms with Gasteiger partial charge in [-0.2, -0.15) is 0 Å². The molecule has 1 aromatic carbocycles. The van der Waals surface area contributed by atoms with Crippen LogP contribution >= 0.6 is 24.0 Å². The second-order valence-corrected chi connectivity index (χ2v) is 5.07. The first-order valence-corrected chi connectivity index (χ1v) is 6.25. The molecule has 0 amide bonds. The summed E-state index contributed by atoms with van der Waals surface area (Å²) in [6.07, 6.45) is 0. The van der Waals surface area contributed by atoms with Crippen LogP contribution in [0.4, 0.5) is 0 Å². The summed E-state index contributed by atoms with van der Waals surface area (Å²) >= 11 is 7.00. The molecule has 0 aliphatic rings. The molecule has 0 saturated carbocycles. The van der Waals surface area contributed by atoms with E-state index in [-0.39, 0.29) is 0 Å². The van der Waals surface area contributed by atoms with Gasteiger partial charge in [-0.3, -0.25) is 0 Å². The average molecular weight is 226 g/mol. The Morgan fingerprint density at radius 3 is 2.07 bits per heavy atom. The van der Waals surface area contributed by atoms with E-state index >= 15 is 0 Å². The zero-order valence-corrected chi connectivity index (χ0v) is 10.9. The molecule has 2 heteroatoms. The van der Waals surface area contributed by atoms with Crippen molar-refractivity contribution in [3.63, 3.8) is 0 Å². The van der Waals surface area contributed by atoms with E-state index in [0.717, 1.165) is 9.76 Å². The molecule has 1 aromatic rings. The first-order chi connectivity index (χ1) is 6.70. The first kappa shape index (κ1) is 13.7. The van der Waals surface area contributed by atoms with Crippen LogP contribution in [-0.4, -0.2) is 9.45 Å². The largest absolute Gasteiger partial charge is 0.111 e. The van der Waals surface area contributed by atoms with Crippen molar-refractivity contribution in [2.24, 2.45) is 0 Å². The highest BCUT2D eigenvalue weighted by atomic mass is 32.2. The average Bonchev–Trinajstić information content (AvgIpc) is 2.21. The van der Waals surface area contributed by atoms with E-state index in [0.29, 0.717) is 5.25 Å². The maximum Gasteiger partial charge on any atom is 0.0780 e. The summed E-state index contributed by atoms with van der Waals surface area (Å²) in [5.74, 6) is 0. The van der Waals surface area contributed by atoms with Crippen molar-refractivity contribution in [1.82, 2.24) is 0 Å². The minimum absolute atomic E-state index is 0.567. The van der Waals surface area contributed by atoms with Gasteiger partial charge in [0.15, 0.2) is 0 Å². The molecule has 0 heterocycles. The van der Waals surface area contributed by atoms with E-state index in [1.165, 1.54) is 0 Å². The monoisotopic (exact) mass is 226 g/mol. The SMILES string of the molecule is CC.CC(C)SC(=S)c1ccccc1. The molecule has 1 rings (SSSR count). The molecular weight excluding hydrogens is 208 g/mol. The molecule has 0 N–H and O–H groups in total. The minimum Gasteiger partial charge on any atom is -0.111 e. The van der Waals surface area contributed by atoms with Gasteiger partial charge >= 0.3 is 0 Å². The number of rotatable bonds is 2. The lowest BCUT2D eigenvalue weighted by molar-refractivity contribution is 1.12. The van der Waals surface area contributed by atoms with E-state index in [1.807, 2.05) is 32.0 Å². The van der Waals surface area contributed by atoms with Crippen LogP contribution in [0.5, 0.6) is 0 Å². The third kappa shape index (κ3) is 5.40. The van der Waals surface area contributed by atoms with E-state index in [2.05, 4.69) is 26.0 Å². The van der Waals surface area contributed by atoms with Crippen molar-refractivity contribution >= 4 is 28.2 Å². The molecule has 0 radical (unpaired) electrons. The summed E-state index contributed by atoms with van der Waals surface area (Å²) in [6, 6.07) is 10.1. The van der Waals surface area contributed by atoms with Crippen LogP contribution in [-0.2, 0) is 0 Å². The lowest BCUT2D eigenvalue weighted by atomic mass is 10.2. The van der Waals surface area contributed by atoms with Gasteiger partial charge in [-0.15, -0.1) is 11.8 Å². The standard InChI is InChI=1S/C10H12S2.C2H6/c1-8(2)12-10(11)9-6-4-3-5-7-9;1-2/h3-8H,1-2H3;1-2H3. The Morgan fingerprint density at radius 2 is 1.64 bits per heavy atom. The van der Waals surface area contributed by atoms with Crippen molar-refractivity contribution in [2.45, 2.75) is 32.9 Å². The van der Waals surface area contributed by atoms with Gasteiger partial charge in [0, 0.05) is 5.25 Å². The van der Waals surface area contributed by atoms with Crippen LogP contribution in [0.2, 0.25) is 0 Å². The Balaban J connectivity index is 0.000000791. The molecule has 0 nitrogen and oxygen atoms in total. The van der Waals surface area contributed by atoms with Gasteiger partial charge in [-0.05, 0) is 5.56 Å². The molecule has 0 aliphatic carbocycles. The minimum atomic E-state index is 0.567. The van der Waals surface area contributed by atoms with Crippen molar-refractivity contribution in [2.75, 3.05) is 0 Å². The predicted molar refractivity (Wildman–Crippen MR) is 72.2 cm³/mol. The Labute approximate surface area is 97.1 Å². The van der Waals surface area contributed by atoms with E-state index in [1.54, 1.807) is 11.8 Å². The highest BCUT2D eigenvalue weighted by Crippen LogP contribution is 2.18. The molecule has 0 aromatic heterocycles. The Kier molecular flexibility index (Phi) is 7.81. The zero-order valence-electron chi connectivity index (χ0n) is 9.28. The second-order valence-electron chi connectivity index (χ2n) is 2.82. The number of hydrogen-bond acceptors (Lipinski definition) is 2. The normalized spacial score (nSPS) is 9.21. The summed E-state index contributed by atoms with van der Waals surface area (Å²) in [7, 11) is 0. The fraction of sp³-hybridized carbons (Fsp3) is 0.417. The molecule has 0 fully saturated rings. The fourth-order valence-corrected chi connectivity index (χ4v) is 2.27. The Morgan fingerprint density at radius 1 is 1.14 bits per heavy atom.